The van der Waals surface area contributed by atoms with Crippen molar-refractivity contribution >= 4 is 5.78 Å². The van der Waals surface area contributed by atoms with E-state index in [-0.39, 0.29) is 5.78 Å². The van der Waals surface area contributed by atoms with Crippen LogP contribution >= 0.6 is 0 Å². The van der Waals surface area contributed by atoms with Crippen LogP contribution in [0.5, 0.6) is 0 Å². The van der Waals surface area contributed by atoms with Crippen molar-refractivity contribution in [3.05, 3.63) is 47.5 Å². The predicted octanol–water partition coefficient (Wildman–Crippen LogP) is 3.51. The zero-order valence-electron chi connectivity index (χ0n) is 9.73. The van der Waals surface area contributed by atoms with Crippen LogP contribution in [0.25, 0.3) is 0 Å². The highest BCUT2D eigenvalue weighted by Gasteiger charge is 2.24. The maximum Gasteiger partial charge on any atom is 0.184 e. The van der Waals surface area contributed by atoms with Gasteiger partial charge in [0.15, 0.2) is 5.78 Å². The third-order valence-electron chi connectivity index (χ3n) is 3.15. The van der Waals surface area contributed by atoms with Crippen LogP contribution in [0.3, 0.4) is 0 Å². The fraction of sp³-hybridized carbons (Fsp3) is 0.333. The first-order valence-electron chi connectivity index (χ1n) is 6.00. The van der Waals surface area contributed by atoms with Gasteiger partial charge in [0.2, 0.25) is 0 Å². The third-order valence-corrected chi connectivity index (χ3v) is 3.15. The first-order valence-corrected chi connectivity index (χ1v) is 6.00. The Morgan fingerprint density at radius 1 is 1.24 bits per heavy atom. The van der Waals surface area contributed by atoms with Gasteiger partial charge in [0, 0.05) is 5.56 Å². The molecule has 1 aliphatic carbocycles. The van der Waals surface area contributed by atoms with Crippen LogP contribution in [0.2, 0.25) is 0 Å². The molecule has 0 aliphatic heterocycles. The van der Waals surface area contributed by atoms with Crippen LogP contribution < -0.4 is 0 Å². The molecule has 1 aromatic rings. The molecule has 1 aliphatic rings. The molecule has 17 heavy (non-hydrogen) atoms. The molecule has 0 fully saturated rings. The lowest BCUT2D eigenvalue weighted by Crippen LogP contribution is -2.16. The van der Waals surface area contributed by atoms with Gasteiger partial charge in [-0.1, -0.05) is 36.4 Å². The van der Waals surface area contributed by atoms with E-state index in [9.17, 15) is 10.1 Å². The van der Waals surface area contributed by atoms with Crippen LogP contribution in [-0.2, 0) is 0 Å². The van der Waals surface area contributed by atoms with E-state index in [1.165, 1.54) is 6.42 Å². The Labute approximate surface area is 102 Å². The molecule has 0 N–H and O–H groups in total. The number of carbonyl (C=O) groups excluding carboxylic acids is 1. The molecule has 2 heteroatoms. The fourth-order valence-corrected chi connectivity index (χ4v) is 2.20. The number of hydrogen-bond acceptors (Lipinski definition) is 2. The summed E-state index contributed by atoms with van der Waals surface area (Å²) < 4.78 is 0. The van der Waals surface area contributed by atoms with Gasteiger partial charge in [-0.15, -0.1) is 0 Å². The Kier molecular flexibility index (Phi) is 3.72. The number of Topliss-reactive ketones (excluding diaryl/α,β-unsaturated/α-hetero) is 1. The molecule has 0 spiro atoms. The van der Waals surface area contributed by atoms with E-state index >= 15 is 0 Å². The number of ketones is 1. The molecule has 86 valence electrons. The summed E-state index contributed by atoms with van der Waals surface area (Å²) >= 11 is 0. The van der Waals surface area contributed by atoms with Gasteiger partial charge in [-0.2, -0.15) is 5.26 Å². The highest BCUT2D eigenvalue weighted by molar-refractivity contribution is 6.01. The Hall–Kier alpha value is -1.88. The van der Waals surface area contributed by atoms with Gasteiger partial charge < -0.3 is 0 Å². The average Bonchev–Trinajstić information content (AvgIpc) is 2.42. The highest BCUT2D eigenvalue weighted by Crippen LogP contribution is 2.26. The summed E-state index contributed by atoms with van der Waals surface area (Å²) in [7, 11) is 0. The smallest absolute Gasteiger partial charge is 0.184 e. The van der Waals surface area contributed by atoms with Crippen molar-refractivity contribution in [1.82, 2.24) is 0 Å². The Bertz CT molecular complexity index is 467. The van der Waals surface area contributed by atoms with Crippen molar-refractivity contribution in [2.24, 2.45) is 5.92 Å². The van der Waals surface area contributed by atoms with E-state index in [0.29, 0.717) is 5.56 Å². The van der Waals surface area contributed by atoms with Gasteiger partial charge in [-0.3, -0.25) is 4.79 Å². The molecule has 1 unspecified atom stereocenters. The lowest BCUT2D eigenvalue weighted by atomic mass is 9.85. The van der Waals surface area contributed by atoms with Crippen molar-refractivity contribution < 1.29 is 4.79 Å². The minimum Gasteiger partial charge on any atom is -0.292 e. The standard InChI is InChI=1S/C15H15NO/c16-11-14(12-7-3-1-4-8-12)15(17)13-9-5-2-6-10-13/h2,5-7,9-10,14H,1,3-4,8H2. The second-order valence-electron chi connectivity index (χ2n) is 4.32. The Balaban J connectivity index is 2.22. The second kappa shape index (κ2) is 5.45. The van der Waals surface area contributed by atoms with Gasteiger partial charge >= 0.3 is 0 Å². The topological polar surface area (TPSA) is 40.9 Å². The van der Waals surface area contributed by atoms with E-state index in [4.69, 9.17) is 0 Å². The first kappa shape index (κ1) is 11.6. The van der Waals surface area contributed by atoms with E-state index in [2.05, 4.69) is 12.1 Å². The summed E-state index contributed by atoms with van der Waals surface area (Å²) in [6.45, 7) is 0. The predicted molar refractivity (Wildman–Crippen MR) is 66.4 cm³/mol. The van der Waals surface area contributed by atoms with E-state index in [1.807, 2.05) is 18.2 Å². The first-order chi connectivity index (χ1) is 8.33. The average molecular weight is 225 g/mol. The van der Waals surface area contributed by atoms with Crippen molar-refractivity contribution in [3.8, 4) is 6.07 Å². The van der Waals surface area contributed by atoms with Crippen LogP contribution in [0.4, 0.5) is 0 Å². The molecular weight excluding hydrogens is 210 g/mol. The van der Waals surface area contributed by atoms with Crippen molar-refractivity contribution in [3.63, 3.8) is 0 Å². The lowest BCUT2D eigenvalue weighted by Gasteiger charge is -2.16. The molecule has 0 radical (unpaired) electrons. The van der Waals surface area contributed by atoms with E-state index in [0.717, 1.165) is 24.8 Å². The normalized spacial score (nSPS) is 16.8. The Morgan fingerprint density at radius 3 is 2.59 bits per heavy atom. The molecule has 1 aromatic carbocycles. The fourth-order valence-electron chi connectivity index (χ4n) is 2.20. The van der Waals surface area contributed by atoms with Crippen LogP contribution in [-0.4, -0.2) is 5.78 Å². The molecule has 0 heterocycles. The number of allylic oxidation sites excluding steroid dienone is 2. The zero-order valence-corrected chi connectivity index (χ0v) is 9.73. The minimum absolute atomic E-state index is 0.0683. The summed E-state index contributed by atoms with van der Waals surface area (Å²) in [4.78, 5) is 12.2. The highest BCUT2D eigenvalue weighted by atomic mass is 16.1. The maximum absolute atomic E-state index is 12.2. The summed E-state index contributed by atoms with van der Waals surface area (Å²) in [6, 6.07) is 11.2. The van der Waals surface area contributed by atoms with E-state index in [1.54, 1.807) is 12.1 Å². The zero-order chi connectivity index (χ0) is 12.1. The molecule has 2 rings (SSSR count). The molecule has 2 nitrogen and oxygen atoms in total. The van der Waals surface area contributed by atoms with Gasteiger partial charge in [-0.05, 0) is 31.3 Å². The van der Waals surface area contributed by atoms with Crippen molar-refractivity contribution in [1.29, 1.82) is 5.26 Å². The van der Waals surface area contributed by atoms with Crippen molar-refractivity contribution in [2.45, 2.75) is 25.7 Å². The number of benzene rings is 1. The van der Waals surface area contributed by atoms with E-state index < -0.39 is 5.92 Å². The molecule has 0 saturated carbocycles. The van der Waals surface area contributed by atoms with Crippen LogP contribution in [0.15, 0.2) is 42.0 Å². The SMILES string of the molecule is N#CC(C(=O)c1ccccc1)C1=CCCCC1. The minimum atomic E-state index is -0.585. The molecule has 0 aromatic heterocycles. The number of nitriles is 1. The largest absolute Gasteiger partial charge is 0.292 e. The number of hydrogen-bond donors (Lipinski definition) is 0. The quantitative estimate of drug-likeness (QED) is 0.583. The van der Waals surface area contributed by atoms with Crippen LogP contribution in [0.1, 0.15) is 36.0 Å². The summed E-state index contributed by atoms with van der Waals surface area (Å²) in [6.07, 6.45) is 6.21. The molecule has 0 amide bonds. The molecule has 1 atom stereocenters. The van der Waals surface area contributed by atoms with Crippen LogP contribution in [0, 0.1) is 17.2 Å². The van der Waals surface area contributed by atoms with Gasteiger partial charge in [0.1, 0.15) is 5.92 Å². The Morgan fingerprint density at radius 2 is 2.00 bits per heavy atom. The molecular formula is C15H15NO. The summed E-state index contributed by atoms with van der Waals surface area (Å²) in [5.41, 5.74) is 1.64. The number of carbonyl (C=O) groups is 1. The summed E-state index contributed by atoms with van der Waals surface area (Å²) in [5, 5.41) is 9.20. The monoisotopic (exact) mass is 225 g/mol. The molecule has 0 bridgehead atoms. The maximum atomic E-state index is 12.2. The summed E-state index contributed by atoms with van der Waals surface area (Å²) in [5.74, 6) is -0.654. The third kappa shape index (κ3) is 2.62. The van der Waals surface area contributed by atoms with Gasteiger partial charge in [0.05, 0.1) is 6.07 Å². The second-order valence-corrected chi connectivity index (χ2v) is 4.32. The number of rotatable bonds is 3. The van der Waals surface area contributed by atoms with Crippen molar-refractivity contribution in [2.75, 3.05) is 0 Å². The van der Waals surface area contributed by atoms with Gasteiger partial charge in [-0.25, -0.2) is 0 Å². The lowest BCUT2D eigenvalue weighted by molar-refractivity contribution is 0.0961. The number of nitrogens with zero attached hydrogens (tertiary/aromatic N) is 1. The van der Waals surface area contributed by atoms with Gasteiger partial charge in [0.25, 0.3) is 0 Å². The molecule has 0 saturated heterocycles.